The van der Waals surface area contributed by atoms with Gasteiger partial charge in [-0.2, -0.15) is 0 Å². The maximum absolute atomic E-state index is 6.39. The summed E-state index contributed by atoms with van der Waals surface area (Å²) in [6, 6.07) is 8.42. The Balaban J connectivity index is 2.35. The van der Waals surface area contributed by atoms with E-state index in [0.717, 1.165) is 6.54 Å². The summed E-state index contributed by atoms with van der Waals surface area (Å²) in [6.07, 6.45) is 0. The zero-order chi connectivity index (χ0) is 10.8. The summed E-state index contributed by atoms with van der Waals surface area (Å²) < 4.78 is 1.32. The lowest BCUT2D eigenvalue weighted by molar-refractivity contribution is 0.408. The van der Waals surface area contributed by atoms with Gasteiger partial charge in [-0.15, -0.1) is 22.9 Å². The van der Waals surface area contributed by atoms with Crippen LogP contribution in [0.3, 0.4) is 0 Å². The molecule has 15 heavy (non-hydrogen) atoms. The molecule has 1 nitrogen and oxygen atoms in total. The van der Waals surface area contributed by atoms with E-state index in [1.165, 1.54) is 15.6 Å². The first kappa shape index (κ1) is 10.9. The van der Waals surface area contributed by atoms with Crippen molar-refractivity contribution < 1.29 is 0 Å². The SMILES string of the molecule is CN(C)CC(Cl)c1csc2ccccc12. The van der Waals surface area contributed by atoms with E-state index in [0.29, 0.717) is 0 Å². The van der Waals surface area contributed by atoms with Crippen molar-refractivity contribution in [1.29, 1.82) is 0 Å². The van der Waals surface area contributed by atoms with Crippen LogP contribution in [0.15, 0.2) is 29.6 Å². The molecule has 2 aromatic rings. The molecule has 1 aromatic carbocycles. The number of thiophene rings is 1. The van der Waals surface area contributed by atoms with Crippen molar-refractivity contribution in [2.75, 3.05) is 20.6 Å². The average Bonchev–Trinajstić information content (AvgIpc) is 2.59. The van der Waals surface area contributed by atoms with Crippen LogP contribution in [0, 0.1) is 0 Å². The highest BCUT2D eigenvalue weighted by molar-refractivity contribution is 7.17. The minimum absolute atomic E-state index is 0.0798. The van der Waals surface area contributed by atoms with Gasteiger partial charge in [0.05, 0.1) is 5.38 Å². The van der Waals surface area contributed by atoms with Gasteiger partial charge in [0.25, 0.3) is 0 Å². The van der Waals surface area contributed by atoms with Crippen LogP contribution in [0.5, 0.6) is 0 Å². The summed E-state index contributed by atoms with van der Waals surface area (Å²) in [7, 11) is 4.09. The van der Waals surface area contributed by atoms with E-state index in [-0.39, 0.29) is 5.38 Å². The highest BCUT2D eigenvalue weighted by Gasteiger charge is 2.13. The topological polar surface area (TPSA) is 3.24 Å². The van der Waals surface area contributed by atoms with E-state index in [9.17, 15) is 0 Å². The molecule has 1 unspecified atom stereocenters. The number of hydrogen-bond acceptors (Lipinski definition) is 2. The van der Waals surface area contributed by atoms with Crippen LogP contribution < -0.4 is 0 Å². The molecule has 0 spiro atoms. The van der Waals surface area contributed by atoms with E-state index in [4.69, 9.17) is 11.6 Å². The Morgan fingerprint density at radius 1 is 1.33 bits per heavy atom. The lowest BCUT2D eigenvalue weighted by atomic mass is 10.1. The molecular weight excluding hydrogens is 226 g/mol. The van der Waals surface area contributed by atoms with Gasteiger partial charge in [-0.25, -0.2) is 0 Å². The smallest absolute Gasteiger partial charge is 0.0726 e. The van der Waals surface area contributed by atoms with Crippen LogP contribution in [0.4, 0.5) is 0 Å². The van der Waals surface area contributed by atoms with Crippen molar-refractivity contribution >= 4 is 33.0 Å². The number of rotatable bonds is 3. The van der Waals surface area contributed by atoms with Gasteiger partial charge >= 0.3 is 0 Å². The molecule has 0 radical (unpaired) electrons. The maximum atomic E-state index is 6.39. The van der Waals surface area contributed by atoms with Gasteiger partial charge < -0.3 is 4.90 Å². The van der Waals surface area contributed by atoms with Crippen molar-refractivity contribution in [1.82, 2.24) is 4.90 Å². The molecule has 0 saturated heterocycles. The van der Waals surface area contributed by atoms with E-state index in [1.807, 2.05) is 14.1 Å². The molecule has 0 aliphatic heterocycles. The first-order valence-electron chi connectivity index (χ1n) is 4.93. The third kappa shape index (κ3) is 2.33. The third-order valence-electron chi connectivity index (χ3n) is 2.37. The minimum atomic E-state index is 0.0798. The van der Waals surface area contributed by atoms with E-state index >= 15 is 0 Å². The lowest BCUT2D eigenvalue weighted by Crippen LogP contribution is -2.16. The Morgan fingerprint density at radius 3 is 2.80 bits per heavy atom. The summed E-state index contributed by atoms with van der Waals surface area (Å²) >= 11 is 8.15. The summed E-state index contributed by atoms with van der Waals surface area (Å²) in [4.78, 5) is 2.12. The second kappa shape index (κ2) is 4.52. The van der Waals surface area contributed by atoms with Gasteiger partial charge in [-0.1, -0.05) is 18.2 Å². The van der Waals surface area contributed by atoms with Crippen molar-refractivity contribution in [3.63, 3.8) is 0 Å². The molecule has 0 N–H and O–H groups in total. The summed E-state index contributed by atoms with van der Waals surface area (Å²) in [5, 5.41) is 3.55. The zero-order valence-electron chi connectivity index (χ0n) is 8.90. The number of halogens is 1. The van der Waals surface area contributed by atoms with E-state index in [1.54, 1.807) is 11.3 Å². The van der Waals surface area contributed by atoms with Crippen LogP contribution >= 0.6 is 22.9 Å². The van der Waals surface area contributed by atoms with Crippen LogP contribution in [-0.2, 0) is 0 Å². The average molecular weight is 240 g/mol. The largest absolute Gasteiger partial charge is 0.308 e. The molecule has 3 heteroatoms. The second-order valence-corrected chi connectivity index (χ2v) is 5.36. The predicted octanol–water partition coefficient (Wildman–Crippen LogP) is 3.74. The Hall–Kier alpha value is -0.570. The van der Waals surface area contributed by atoms with Crippen molar-refractivity contribution in [2.45, 2.75) is 5.38 Å². The van der Waals surface area contributed by atoms with Crippen molar-refractivity contribution in [3.8, 4) is 0 Å². The molecule has 1 heterocycles. The van der Waals surface area contributed by atoms with Crippen LogP contribution in [-0.4, -0.2) is 25.5 Å². The normalized spacial score (nSPS) is 13.6. The zero-order valence-corrected chi connectivity index (χ0v) is 10.5. The predicted molar refractivity (Wildman–Crippen MR) is 69.0 cm³/mol. The quantitative estimate of drug-likeness (QED) is 0.738. The highest BCUT2D eigenvalue weighted by Crippen LogP contribution is 2.33. The Morgan fingerprint density at radius 2 is 2.07 bits per heavy atom. The second-order valence-electron chi connectivity index (χ2n) is 3.92. The fourth-order valence-corrected chi connectivity index (χ4v) is 3.21. The minimum Gasteiger partial charge on any atom is -0.308 e. The first-order chi connectivity index (χ1) is 7.18. The molecule has 1 atom stereocenters. The molecular formula is C12H14ClNS. The molecule has 0 aliphatic carbocycles. The van der Waals surface area contributed by atoms with E-state index in [2.05, 4.69) is 34.5 Å². The Kier molecular flexibility index (Phi) is 3.29. The van der Waals surface area contributed by atoms with Crippen LogP contribution in [0.2, 0.25) is 0 Å². The Bertz CT molecular complexity index is 450. The number of nitrogens with zero attached hydrogens (tertiary/aromatic N) is 1. The Labute approximate surface area is 99.3 Å². The monoisotopic (exact) mass is 239 g/mol. The molecule has 2 rings (SSSR count). The fourth-order valence-electron chi connectivity index (χ4n) is 1.66. The molecule has 0 bridgehead atoms. The standard InChI is InChI=1S/C12H14ClNS/c1-14(2)7-11(13)10-8-15-12-6-4-3-5-9(10)12/h3-6,8,11H,7H2,1-2H3. The molecule has 80 valence electrons. The highest BCUT2D eigenvalue weighted by atomic mass is 35.5. The molecule has 0 amide bonds. The van der Waals surface area contributed by atoms with Crippen LogP contribution in [0.25, 0.3) is 10.1 Å². The van der Waals surface area contributed by atoms with Crippen molar-refractivity contribution in [2.24, 2.45) is 0 Å². The third-order valence-corrected chi connectivity index (χ3v) is 3.73. The van der Waals surface area contributed by atoms with Gasteiger partial charge in [0.15, 0.2) is 0 Å². The molecule has 0 aliphatic rings. The van der Waals surface area contributed by atoms with Crippen LogP contribution in [0.1, 0.15) is 10.9 Å². The van der Waals surface area contributed by atoms with Gasteiger partial charge in [-0.05, 0) is 36.5 Å². The first-order valence-corrected chi connectivity index (χ1v) is 6.25. The van der Waals surface area contributed by atoms with Gasteiger partial charge in [0.2, 0.25) is 0 Å². The molecule has 0 saturated carbocycles. The van der Waals surface area contributed by atoms with Gasteiger partial charge in [0.1, 0.15) is 0 Å². The number of likely N-dealkylation sites (N-methyl/N-ethyl adjacent to an activating group) is 1. The fraction of sp³-hybridized carbons (Fsp3) is 0.333. The molecule has 0 fully saturated rings. The summed E-state index contributed by atoms with van der Waals surface area (Å²) in [5.74, 6) is 0. The number of benzene rings is 1. The molecule has 1 aromatic heterocycles. The number of hydrogen-bond donors (Lipinski definition) is 0. The summed E-state index contributed by atoms with van der Waals surface area (Å²) in [5.41, 5.74) is 1.26. The summed E-state index contributed by atoms with van der Waals surface area (Å²) in [6.45, 7) is 0.877. The van der Waals surface area contributed by atoms with E-state index < -0.39 is 0 Å². The van der Waals surface area contributed by atoms with Crippen molar-refractivity contribution in [3.05, 3.63) is 35.2 Å². The number of fused-ring (bicyclic) bond motifs is 1. The number of alkyl halides is 1. The lowest BCUT2D eigenvalue weighted by Gasteiger charge is -2.14. The maximum Gasteiger partial charge on any atom is 0.0726 e. The van der Waals surface area contributed by atoms with Gasteiger partial charge in [-0.3, -0.25) is 0 Å². The van der Waals surface area contributed by atoms with Gasteiger partial charge in [0, 0.05) is 11.2 Å².